The Morgan fingerprint density at radius 1 is 0.920 bits per heavy atom. The van der Waals surface area contributed by atoms with E-state index >= 15 is 0 Å². The van der Waals surface area contributed by atoms with Crippen molar-refractivity contribution >= 4 is 19.9 Å². The molecule has 25 heavy (non-hydrogen) atoms. The van der Waals surface area contributed by atoms with Crippen molar-refractivity contribution < 1.29 is 21.6 Å². The molecule has 0 amide bonds. The number of sulfone groups is 1. The van der Waals surface area contributed by atoms with Crippen molar-refractivity contribution in [3.63, 3.8) is 0 Å². The van der Waals surface area contributed by atoms with Gasteiger partial charge in [-0.1, -0.05) is 12.1 Å². The Balaban J connectivity index is 1.96. The van der Waals surface area contributed by atoms with Crippen LogP contribution in [0.15, 0.2) is 52.3 Å². The van der Waals surface area contributed by atoms with Crippen molar-refractivity contribution in [2.24, 2.45) is 0 Å². The van der Waals surface area contributed by atoms with Gasteiger partial charge in [0.05, 0.1) is 9.79 Å². The lowest BCUT2D eigenvalue weighted by atomic mass is 10.1. The average Bonchev–Trinajstić information content (AvgIpc) is 2.54. The van der Waals surface area contributed by atoms with Gasteiger partial charge in [-0.3, -0.25) is 0 Å². The van der Waals surface area contributed by atoms with Gasteiger partial charge < -0.3 is 4.74 Å². The molecule has 0 saturated carbocycles. The standard InChI is InChI=1S/C17H21NO5S2/c1-13-4-5-14(2)17(12-13)23-11-10-18-25(21,22)16-8-6-15(7-9-16)24(3,19)20/h4-9,12,18H,10-11H2,1-3H3. The van der Waals surface area contributed by atoms with Crippen LogP contribution in [0.3, 0.4) is 0 Å². The van der Waals surface area contributed by atoms with Gasteiger partial charge in [0.1, 0.15) is 12.4 Å². The summed E-state index contributed by atoms with van der Waals surface area (Å²) in [6.45, 7) is 4.16. The maximum absolute atomic E-state index is 12.2. The number of hydrogen-bond donors (Lipinski definition) is 1. The van der Waals surface area contributed by atoms with Crippen LogP contribution < -0.4 is 9.46 Å². The van der Waals surface area contributed by atoms with Crippen molar-refractivity contribution in [1.29, 1.82) is 0 Å². The molecule has 0 radical (unpaired) electrons. The number of rotatable bonds is 7. The molecule has 0 unspecified atom stereocenters. The molecule has 0 aliphatic heterocycles. The van der Waals surface area contributed by atoms with Gasteiger partial charge in [0.2, 0.25) is 10.0 Å². The van der Waals surface area contributed by atoms with E-state index < -0.39 is 19.9 Å². The predicted molar refractivity (Wildman–Crippen MR) is 96.2 cm³/mol. The fourth-order valence-corrected chi connectivity index (χ4v) is 3.79. The highest BCUT2D eigenvalue weighted by Gasteiger charge is 2.15. The van der Waals surface area contributed by atoms with E-state index in [9.17, 15) is 16.8 Å². The summed E-state index contributed by atoms with van der Waals surface area (Å²) in [6.07, 6.45) is 1.07. The number of nitrogens with one attached hydrogen (secondary N) is 1. The monoisotopic (exact) mass is 383 g/mol. The number of sulfonamides is 1. The van der Waals surface area contributed by atoms with E-state index in [-0.39, 0.29) is 22.9 Å². The van der Waals surface area contributed by atoms with Crippen LogP contribution in [0.1, 0.15) is 11.1 Å². The maximum atomic E-state index is 12.2. The first-order valence-electron chi connectivity index (χ1n) is 7.59. The van der Waals surface area contributed by atoms with E-state index in [0.29, 0.717) is 0 Å². The van der Waals surface area contributed by atoms with Crippen molar-refractivity contribution in [2.75, 3.05) is 19.4 Å². The Morgan fingerprint density at radius 3 is 2.12 bits per heavy atom. The van der Waals surface area contributed by atoms with Gasteiger partial charge in [-0.05, 0) is 55.3 Å². The molecular weight excluding hydrogens is 362 g/mol. The van der Waals surface area contributed by atoms with Crippen molar-refractivity contribution in [1.82, 2.24) is 4.72 Å². The van der Waals surface area contributed by atoms with Crippen LogP contribution in [0.2, 0.25) is 0 Å². The lowest BCUT2D eigenvalue weighted by molar-refractivity contribution is 0.320. The van der Waals surface area contributed by atoms with E-state index in [2.05, 4.69) is 4.72 Å². The quantitative estimate of drug-likeness (QED) is 0.739. The molecule has 8 heteroatoms. The van der Waals surface area contributed by atoms with Crippen LogP contribution in [0.25, 0.3) is 0 Å². The Labute approximate surface area is 148 Å². The molecule has 136 valence electrons. The van der Waals surface area contributed by atoms with Crippen molar-refractivity contribution in [2.45, 2.75) is 23.6 Å². The van der Waals surface area contributed by atoms with Crippen LogP contribution in [0, 0.1) is 13.8 Å². The van der Waals surface area contributed by atoms with Gasteiger partial charge in [0, 0.05) is 12.8 Å². The summed E-state index contributed by atoms with van der Waals surface area (Å²) in [5.74, 6) is 0.719. The summed E-state index contributed by atoms with van der Waals surface area (Å²) in [7, 11) is -7.08. The lowest BCUT2D eigenvalue weighted by Crippen LogP contribution is -2.28. The van der Waals surface area contributed by atoms with Crippen LogP contribution in [0.4, 0.5) is 0 Å². The molecule has 0 saturated heterocycles. The molecule has 2 aromatic rings. The Bertz CT molecular complexity index is 949. The highest BCUT2D eigenvalue weighted by atomic mass is 32.2. The Kier molecular flexibility index (Phi) is 5.87. The molecule has 2 aromatic carbocycles. The molecular formula is C17H21NO5S2. The molecule has 0 bridgehead atoms. The van der Waals surface area contributed by atoms with E-state index in [1.807, 2.05) is 32.0 Å². The Morgan fingerprint density at radius 2 is 1.52 bits per heavy atom. The minimum Gasteiger partial charge on any atom is -0.492 e. The molecule has 2 rings (SSSR count). The number of ether oxygens (including phenoxy) is 1. The van der Waals surface area contributed by atoms with Crippen LogP contribution in [-0.4, -0.2) is 36.2 Å². The third kappa shape index (κ3) is 5.29. The van der Waals surface area contributed by atoms with Gasteiger partial charge in [-0.15, -0.1) is 0 Å². The molecule has 0 aliphatic rings. The van der Waals surface area contributed by atoms with E-state index in [4.69, 9.17) is 4.74 Å². The number of hydrogen-bond acceptors (Lipinski definition) is 5. The first-order chi connectivity index (χ1) is 11.6. The van der Waals surface area contributed by atoms with Crippen LogP contribution in [-0.2, 0) is 19.9 Å². The summed E-state index contributed by atoms with van der Waals surface area (Å²) in [4.78, 5) is 0.0799. The zero-order valence-electron chi connectivity index (χ0n) is 14.3. The van der Waals surface area contributed by atoms with Gasteiger partial charge in [-0.2, -0.15) is 0 Å². The molecule has 0 aliphatic carbocycles. The maximum Gasteiger partial charge on any atom is 0.240 e. The van der Waals surface area contributed by atoms with E-state index in [1.54, 1.807) is 0 Å². The summed E-state index contributed by atoms with van der Waals surface area (Å²) in [5, 5.41) is 0. The molecule has 0 atom stereocenters. The predicted octanol–water partition coefficient (Wildman–Crippen LogP) is 2.06. The van der Waals surface area contributed by atoms with E-state index in [0.717, 1.165) is 23.1 Å². The van der Waals surface area contributed by atoms with Crippen LogP contribution in [0.5, 0.6) is 5.75 Å². The molecule has 0 heterocycles. The first kappa shape index (κ1) is 19.4. The Hall–Kier alpha value is -1.90. The largest absolute Gasteiger partial charge is 0.492 e. The van der Waals surface area contributed by atoms with Gasteiger partial charge in [-0.25, -0.2) is 21.6 Å². The zero-order chi connectivity index (χ0) is 18.7. The second-order valence-electron chi connectivity index (χ2n) is 5.76. The first-order valence-corrected chi connectivity index (χ1v) is 11.0. The van der Waals surface area contributed by atoms with Gasteiger partial charge in [0.15, 0.2) is 9.84 Å². The van der Waals surface area contributed by atoms with Crippen molar-refractivity contribution in [3.8, 4) is 5.75 Å². The normalized spacial score (nSPS) is 12.1. The fraction of sp³-hybridized carbons (Fsp3) is 0.294. The smallest absolute Gasteiger partial charge is 0.240 e. The molecule has 0 aromatic heterocycles. The minimum atomic E-state index is -3.72. The zero-order valence-corrected chi connectivity index (χ0v) is 15.9. The highest BCUT2D eigenvalue weighted by molar-refractivity contribution is 7.90. The third-order valence-electron chi connectivity index (χ3n) is 3.56. The van der Waals surface area contributed by atoms with Gasteiger partial charge >= 0.3 is 0 Å². The molecule has 0 spiro atoms. The summed E-state index contributed by atoms with van der Waals surface area (Å²) >= 11 is 0. The lowest BCUT2D eigenvalue weighted by Gasteiger charge is -2.11. The fourth-order valence-electron chi connectivity index (χ4n) is 2.15. The highest BCUT2D eigenvalue weighted by Crippen LogP contribution is 2.19. The van der Waals surface area contributed by atoms with Crippen LogP contribution >= 0.6 is 0 Å². The second kappa shape index (κ2) is 7.55. The minimum absolute atomic E-state index is 0.00614. The molecule has 6 nitrogen and oxygen atoms in total. The number of aryl methyl sites for hydroxylation is 2. The summed E-state index contributed by atoms with van der Waals surface area (Å²) < 4.78 is 55.3. The van der Waals surface area contributed by atoms with Crippen molar-refractivity contribution in [3.05, 3.63) is 53.6 Å². The third-order valence-corrected chi connectivity index (χ3v) is 6.16. The number of benzene rings is 2. The molecule has 0 fully saturated rings. The SMILES string of the molecule is Cc1ccc(C)c(OCCNS(=O)(=O)c2ccc(S(C)(=O)=O)cc2)c1. The van der Waals surface area contributed by atoms with E-state index in [1.165, 1.54) is 24.3 Å². The average molecular weight is 383 g/mol. The second-order valence-corrected chi connectivity index (χ2v) is 9.54. The topological polar surface area (TPSA) is 89.5 Å². The summed E-state index contributed by atoms with van der Waals surface area (Å²) in [6, 6.07) is 10.9. The molecule has 1 N–H and O–H groups in total. The van der Waals surface area contributed by atoms with Gasteiger partial charge in [0.25, 0.3) is 0 Å². The summed E-state index contributed by atoms with van der Waals surface area (Å²) in [5.41, 5.74) is 2.04.